The molecule has 2 aromatic carbocycles. The predicted octanol–water partition coefficient (Wildman–Crippen LogP) is 4.72. The van der Waals surface area contributed by atoms with Crippen LogP contribution in [0.3, 0.4) is 0 Å². The standard InChI is InChI=1S/C25H26N2O4/c1-30-23-11-10-18(12-20(23)15-26)24(28)19-13-21-8-5-9-22(14-19)27(21)25(29)31-16-17-6-3-2-4-7-17/h2-4,6-7,10-12,19,21-22H,5,8-9,13-14,16H2,1H3. The predicted molar refractivity (Wildman–Crippen MR) is 115 cm³/mol. The number of carbonyl (C=O) groups excluding carboxylic acids is 2. The number of Topliss-reactive ketones (excluding diaryl/α,β-unsaturated/α-hetero) is 1. The first kappa shape index (κ1) is 20.9. The number of piperidine rings is 2. The van der Waals surface area contributed by atoms with Crippen LogP contribution in [-0.4, -0.2) is 36.0 Å². The zero-order valence-electron chi connectivity index (χ0n) is 17.6. The molecule has 2 unspecified atom stereocenters. The molecule has 2 aliphatic heterocycles. The summed E-state index contributed by atoms with van der Waals surface area (Å²) in [5.41, 5.74) is 1.84. The topological polar surface area (TPSA) is 79.6 Å². The largest absolute Gasteiger partial charge is 0.495 e. The van der Waals surface area contributed by atoms with Gasteiger partial charge in [0.15, 0.2) is 5.78 Å². The summed E-state index contributed by atoms with van der Waals surface area (Å²) in [6.07, 6.45) is 3.79. The molecule has 0 spiro atoms. The maximum atomic E-state index is 13.2. The number of nitrogens with zero attached hydrogens (tertiary/aromatic N) is 2. The molecule has 2 aliphatic rings. The molecule has 0 saturated carbocycles. The minimum atomic E-state index is -0.291. The number of amides is 1. The van der Waals surface area contributed by atoms with E-state index in [1.807, 2.05) is 35.2 Å². The molecule has 0 aromatic heterocycles. The Balaban J connectivity index is 1.45. The van der Waals surface area contributed by atoms with Gasteiger partial charge in [-0.25, -0.2) is 4.79 Å². The van der Waals surface area contributed by atoms with E-state index in [0.717, 1.165) is 24.8 Å². The molecule has 0 radical (unpaired) electrons. The average Bonchev–Trinajstić information content (AvgIpc) is 2.81. The molecule has 160 valence electrons. The van der Waals surface area contributed by atoms with Crippen LogP contribution in [0.15, 0.2) is 48.5 Å². The number of hydrogen-bond acceptors (Lipinski definition) is 5. The molecular formula is C25H26N2O4. The smallest absolute Gasteiger partial charge is 0.410 e. The van der Waals surface area contributed by atoms with Crippen molar-refractivity contribution < 1.29 is 19.1 Å². The molecule has 4 rings (SSSR count). The lowest BCUT2D eigenvalue weighted by Crippen LogP contribution is -2.55. The summed E-state index contributed by atoms with van der Waals surface area (Å²) in [7, 11) is 1.51. The number of rotatable bonds is 5. The Labute approximate surface area is 182 Å². The van der Waals surface area contributed by atoms with Gasteiger partial charge in [-0.1, -0.05) is 30.3 Å². The summed E-state index contributed by atoms with van der Waals surface area (Å²) in [4.78, 5) is 27.9. The summed E-state index contributed by atoms with van der Waals surface area (Å²) >= 11 is 0. The molecular weight excluding hydrogens is 392 g/mol. The first-order valence-electron chi connectivity index (χ1n) is 10.7. The molecule has 2 aromatic rings. The molecule has 1 amide bonds. The van der Waals surface area contributed by atoms with Crippen molar-refractivity contribution in [3.8, 4) is 11.8 Å². The van der Waals surface area contributed by atoms with E-state index < -0.39 is 0 Å². The van der Waals surface area contributed by atoms with Crippen LogP contribution in [-0.2, 0) is 11.3 Å². The Morgan fingerprint density at radius 3 is 2.45 bits per heavy atom. The SMILES string of the molecule is COc1ccc(C(=O)C2CC3CCCC(C2)N3C(=O)OCc2ccccc2)cc1C#N. The number of ketones is 1. The molecule has 2 saturated heterocycles. The third-order valence-corrected chi connectivity index (χ3v) is 6.37. The molecule has 2 heterocycles. The van der Waals surface area contributed by atoms with Gasteiger partial charge in [-0.15, -0.1) is 0 Å². The van der Waals surface area contributed by atoms with Crippen molar-refractivity contribution in [2.75, 3.05) is 7.11 Å². The van der Waals surface area contributed by atoms with Gasteiger partial charge < -0.3 is 14.4 Å². The van der Waals surface area contributed by atoms with Gasteiger partial charge in [0.25, 0.3) is 0 Å². The molecule has 2 bridgehead atoms. The highest BCUT2D eigenvalue weighted by Gasteiger charge is 2.43. The minimum Gasteiger partial charge on any atom is -0.495 e. The monoisotopic (exact) mass is 418 g/mol. The number of nitriles is 1. The van der Waals surface area contributed by atoms with Crippen molar-refractivity contribution >= 4 is 11.9 Å². The van der Waals surface area contributed by atoms with E-state index in [1.54, 1.807) is 18.2 Å². The summed E-state index contributed by atoms with van der Waals surface area (Å²) in [6, 6.07) is 16.8. The number of ether oxygens (including phenoxy) is 2. The van der Waals surface area contributed by atoms with Crippen molar-refractivity contribution in [1.29, 1.82) is 5.26 Å². The fraction of sp³-hybridized carbons (Fsp3) is 0.400. The number of fused-ring (bicyclic) bond motifs is 2. The molecule has 0 N–H and O–H groups in total. The molecule has 6 nitrogen and oxygen atoms in total. The first-order chi connectivity index (χ1) is 15.1. The lowest BCUT2D eigenvalue weighted by molar-refractivity contribution is 0.00472. The highest BCUT2D eigenvalue weighted by atomic mass is 16.6. The van der Waals surface area contributed by atoms with Crippen LogP contribution in [0, 0.1) is 17.2 Å². The first-order valence-corrected chi connectivity index (χ1v) is 10.7. The number of methoxy groups -OCH3 is 1. The molecule has 31 heavy (non-hydrogen) atoms. The second-order valence-electron chi connectivity index (χ2n) is 8.25. The van der Waals surface area contributed by atoms with Crippen LogP contribution in [0.25, 0.3) is 0 Å². The van der Waals surface area contributed by atoms with Crippen molar-refractivity contribution in [2.24, 2.45) is 5.92 Å². The highest BCUT2D eigenvalue weighted by Crippen LogP contribution is 2.39. The third-order valence-electron chi connectivity index (χ3n) is 6.37. The van der Waals surface area contributed by atoms with Gasteiger partial charge >= 0.3 is 6.09 Å². The van der Waals surface area contributed by atoms with E-state index in [2.05, 4.69) is 6.07 Å². The van der Waals surface area contributed by atoms with Crippen LogP contribution < -0.4 is 4.74 Å². The number of carbonyl (C=O) groups is 2. The van der Waals surface area contributed by atoms with Gasteiger partial charge in [0.1, 0.15) is 18.4 Å². The molecule has 6 heteroatoms. The van der Waals surface area contributed by atoms with Crippen molar-refractivity contribution in [3.05, 3.63) is 65.2 Å². The number of benzene rings is 2. The van der Waals surface area contributed by atoms with E-state index >= 15 is 0 Å². The summed E-state index contributed by atoms with van der Waals surface area (Å²) < 4.78 is 10.8. The molecule has 2 fully saturated rings. The van der Waals surface area contributed by atoms with E-state index in [4.69, 9.17) is 9.47 Å². The van der Waals surface area contributed by atoms with Gasteiger partial charge in [0, 0.05) is 23.6 Å². The zero-order chi connectivity index (χ0) is 21.8. The Kier molecular flexibility index (Phi) is 6.22. The highest BCUT2D eigenvalue weighted by molar-refractivity contribution is 5.98. The molecule has 2 atom stereocenters. The summed E-state index contributed by atoms with van der Waals surface area (Å²) in [5, 5.41) is 9.33. The summed E-state index contributed by atoms with van der Waals surface area (Å²) in [5.74, 6) is 0.341. The van der Waals surface area contributed by atoms with E-state index in [9.17, 15) is 14.9 Å². The van der Waals surface area contributed by atoms with E-state index in [0.29, 0.717) is 29.7 Å². The second kappa shape index (κ2) is 9.22. The summed E-state index contributed by atoms with van der Waals surface area (Å²) in [6.45, 7) is 0.251. The van der Waals surface area contributed by atoms with Crippen LogP contribution >= 0.6 is 0 Å². The fourth-order valence-electron chi connectivity index (χ4n) is 4.87. The van der Waals surface area contributed by atoms with Gasteiger partial charge in [0.05, 0.1) is 12.7 Å². The maximum absolute atomic E-state index is 13.2. The van der Waals surface area contributed by atoms with Crippen molar-refractivity contribution in [2.45, 2.75) is 50.8 Å². The minimum absolute atomic E-state index is 0.0124. The Morgan fingerprint density at radius 1 is 1.10 bits per heavy atom. The quantitative estimate of drug-likeness (QED) is 0.657. The second-order valence-corrected chi connectivity index (χ2v) is 8.25. The Morgan fingerprint density at radius 2 is 1.81 bits per heavy atom. The molecule has 0 aliphatic carbocycles. The van der Waals surface area contributed by atoms with E-state index in [1.165, 1.54) is 7.11 Å². The Bertz CT molecular complexity index is 984. The lowest BCUT2D eigenvalue weighted by Gasteiger charge is -2.47. The van der Waals surface area contributed by atoms with Gasteiger partial charge in [-0.05, 0) is 55.9 Å². The van der Waals surface area contributed by atoms with Crippen LogP contribution in [0.2, 0.25) is 0 Å². The van der Waals surface area contributed by atoms with Gasteiger partial charge in [-0.2, -0.15) is 5.26 Å². The fourth-order valence-corrected chi connectivity index (χ4v) is 4.87. The maximum Gasteiger partial charge on any atom is 0.410 e. The normalized spacial score (nSPS) is 22.3. The zero-order valence-corrected chi connectivity index (χ0v) is 17.6. The van der Waals surface area contributed by atoms with Crippen molar-refractivity contribution in [1.82, 2.24) is 4.90 Å². The van der Waals surface area contributed by atoms with Crippen LogP contribution in [0.5, 0.6) is 5.75 Å². The van der Waals surface area contributed by atoms with E-state index in [-0.39, 0.29) is 36.5 Å². The van der Waals surface area contributed by atoms with Gasteiger partial charge in [-0.3, -0.25) is 4.79 Å². The number of hydrogen-bond donors (Lipinski definition) is 0. The average molecular weight is 418 g/mol. The lowest BCUT2D eigenvalue weighted by atomic mass is 9.75. The van der Waals surface area contributed by atoms with Crippen LogP contribution in [0.1, 0.15) is 53.6 Å². The van der Waals surface area contributed by atoms with Crippen LogP contribution in [0.4, 0.5) is 4.79 Å². The third kappa shape index (κ3) is 4.41. The Hall–Kier alpha value is -3.33. The van der Waals surface area contributed by atoms with Crippen molar-refractivity contribution in [3.63, 3.8) is 0 Å². The van der Waals surface area contributed by atoms with Gasteiger partial charge in [0.2, 0.25) is 0 Å².